The molecule has 0 fully saturated rings. The molecule has 4 heteroatoms. The second-order valence-corrected chi connectivity index (χ2v) is 3.81. The molecular weight excluding hydrogens is 188 g/mol. The normalized spacial score (nSPS) is 10.8. The van der Waals surface area contributed by atoms with Crippen molar-refractivity contribution in [2.75, 3.05) is 6.54 Å². The van der Waals surface area contributed by atoms with E-state index in [4.69, 9.17) is 0 Å². The molecule has 86 valence electrons. The Hall–Kier alpha value is -0.900. The maximum atomic E-state index is 4.40. The molecule has 4 nitrogen and oxygen atoms in total. The van der Waals surface area contributed by atoms with Crippen LogP contribution in [0.15, 0.2) is 6.33 Å². The van der Waals surface area contributed by atoms with Crippen molar-refractivity contribution in [3.8, 4) is 0 Å². The van der Waals surface area contributed by atoms with E-state index in [9.17, 15) is 0 Å². The average Bonchev–Trinajstić information content (AvgIpc) is 2.67. The van der Waals surface area contributed by atoms with Crippen molar-refractivity contribution >= 4 is 0 Å². The molecule has 0 aromatic carbocycles. The van der Waals surface area contributed by atoms with Crippen molar-refractivity contribution in [2.24, 2.45) is 0 Å². The van der Waals surface area contributed by atoms with Gasteiger partial charge in [-0.1, -0.05) is 26.7 Å². The molecule has 0 radical (unpaired) electrons. The van der Waals surface area contributed by atoms with Gasteiger partial charge in [-0.2, -0.15) is 5.10 Å². The predicted molar refractivity (Wildman–Crippen MR) is 61.5 cm³/mol. The van der Waals surface area contributed by atoms with Crippen LogP contribution in [0.25, 0.3) is 0 Å². The molecule has 0 bridgehead atoms. The molecule has 15 heavy (non-hydrogen) atoms. The Morgan fingerprint density at radius 3 is 2.87 bits per heavy atom. The lowest BCUT2D eigenvalue weighted by molar-refractivity contribution is 0.543. The Kier molecular flexibility index (Phi) is 6.00. The summed E-state index contributed by atoms with van der Waals surface area (Å²) in [6.45, 7) is 7.18. The molecule has 0 saturated heterocycles. The molecule has 0 saturated carbocycles. The summed E-state index contributed by atoms with van der Waals surface area (Å²) in [5.41, 5.74) is 0. The van der Waals surface area contributed by atoms with Crippen LogP contribution in [0, 0.1) is 0 Å². The monoisotopic (exact) mass is 210 g/mol. The molecule has 1 aromatic heterocycles. The number of hydrogen-bond acceptors (Lipinski definition) is 3. The van der Waals surface area contributed by atoms with Gasteiger partial charge in [0.1, 0.15) is 6.33 Å². The van der Waals surface area contributed by atoms with Gasteiger partial charge in [0.15, 0.2) is 5.82 Å². The van der Waals surface area contributed by atoms with Crippen LogP contribution in [0.5, 0.6) is 0 Å². The van der Waals surface area contributed by atoms with Gasteiger partial charge in [-0.15, -0.1) is 0 Å². The van der Waals surface area contributed by atoms with Crippen LogP contribution in [-0.4, -0.2) is 21.3 Å². The minimum absolute atomic E-state index is 0.786. The fourth-order valence-corrected chi connectivity index (χ4v) is 1.42. The summed E-state index contributed by atoms with van der Waals surface area (Å²) in [5, 5.41) is 7.69. The van der Waals surface area contributed by atoms with E-state index in [1.54, 1.807) is 0 Å². The zero-order valence-electron chi connectivity index (χ0n) is 9.87. The average molecular weight is 210 g/mol. The van der Waals surface area contributed by atoms with Gasteiger partial charge in [-0.05, 0) is 19.4 Å². The smallest absolute Gasteiger partial charge is 0.164 e. The van der Waals surface area contributed by atoms with Crippen LogP contribution in [0.4, 0.5) is 0 Å². The molecule has 1 heterocycles. The fourth-order valence-electron chi connectivity index (χ4n) is 1.42. The number of nitrogens with one attached hydrogen (secondary N) is 1. The molecular formula is C11H22N4. The van der Waals surface area contributed by atoms with E-state index < -0.39 is 0 Å². The number of aryl methyl sites for hydroxylation is 1. The van der Waals surface area contributed by atoms with E-state index in [2.05, 4.69) is 29.2 Å². The van der Waals surface area contributed by atoms with Gasteiger partial charge in [-0.25, -0.2) is 4.98 Å². The van der Waals surface area contributed by atoms with E-state index in [1.807, 2.05) is 11.0 Å². The summed E-state index contributed by atoms with van der Waals surface area (Å²) < 4.78 is 1.94. The molecule has 0 aliphatic rings. The van der Waals surface area contributed by atoms with E-state index in [0.29, 0.717) is 0 Å². The van der Waals surface area contributed by atoms with Crippen molar-refractivity contribution in [1.82, 2.24) is 20.1 Å². The molecule has 1 aromatic rings. The first-order valence-corrected chi connectivity index (χ1v) is 5.95. The lowest BCUT2D eigenvalue weighted by Gasteiger charge is -1.99. The predicted octanol–water partition coefficient (Wildman–Crippen LogP) is 1.97. The largest absolute Gasteiger partial charge is 0.310 e. The van der Waals surface area contributed by atoms with Crippen LogP contribution in [0.3, 0.4) is 0 Å². The maximum absolute atomic E-state index is 4.40. The Bertz CT molecular complexity index is 232. The summed E-state index contributed by atoms with van der Waals surface area (Å²) in [4.78, 5) is 4.26. The summed E-state index contributed by atoms with van der Waals surface area (Å²) in [6.07, 6.45) is 6.69. The fraction of sp³-hybridized carbons (Fsp3) is 0.818. The van der Waals surface area contributed by atoms with Crippen LogP contribution in [0.1, 0.15) is 45.4 Å². The second kappa shape index (κ2) is 7.40. The van der Waals surface area contributed by atoms with Crippen molar-refractivity contribution in [2.45, 2.75) is 52.6 Å². The highest BCUT2D eigenvalue weighted by atomic mass is 15.3. The molecule has 1 rings (SSSR count). The maximum Gasteiger partial charge on any atom is 0.164 e. The van der Waals surface area contributed by atoms with Crippen LogP contribution < -0.4 is 5.32 Å². The molecule has 0 aliphatic carbocycles. The third-order valence-corrected chi connectivity index (χ3v) is 2.28. The lowest BCUT2D eigenvalue weighted by atomic mass is 10.2. The summed E-state index contributed by atoms with van der Waals surface area (Å²) in [7, 11) is 0. The number of hydrogen-bond donors (Lipinski definition) is 1. The molecule has 1 N–H and O–H groups in total. The van der Waals surface area contributed by atoms with Gasteiger partial charge >= 0.3 is 0 Å². The molecule has 0 amide bonds. The van der Waals surface area contributed by atoms with Crippen molar-refractivity contribution in [3.63, 3.8) is 0 Å². The zero-order chi connectivity index (χ0) is 10.9. The van der Waals surface area contributed by atoms with E-state index in [0.717, 1.165) is 31.9 Å². The summed E-state index contributed by atoms with van der Waals surface area (Å²) in [6, 6.07) is 0. The van der Waals surface area contributed by atoms with Crippen LogP contribution >= 0.6 is 0 Å². The number of aromatic nitrogens is 3. The highest BCUT2D eigenvalue weighted by molar-refractivity contribution is 4.80. The summed E-state index contributed by atoms with van der Waals surface area (Å²) >= 11 is 0. The zero-order valence-corrected chi connectivity index (χ0v) is 9.87. The molecule has 0 unspecified atom stereocenters. The minimum Gasteiger partial charge on any atom is -0.310 e. The first-order chi connectivity index (χ1) is 7.36. The molecule has 0 spiro atoms. The van der Waals surface area contributed by atoms with Crippen molar-refractivity contribution in [3.05, 3.63) is 12.2 Å². The molecule has 0 atom stereocenters. The standard InChI is InChI=1S/C11H22N4/c1-3-5-6-8-15-10-13-11(14-15)9-12-7-4-2/h10,12H,3-9H2,1-2H3. The topological polar surface area (TPSA) is 42.7 Å². The number of rotatable bonds is 8. The quantitative estimate of drug-likeness (QED) is 0.667. The molecule has 0 aliphatic heterocycles. The van der Waals surface area contributed by atoms with Gasteiger partial charge < -0.3 is 5.32 Å². The van der Waals surface area contributed by atoms with Crippen molar-refractivity contribution < 1.29 is 0 Å². The first-order valence-electron chi connectivity index (χ1n) is 5.95. The Morgan fingerprint density at radius 2 is 2.13 bits per heavy atom. The van der Waals surface area contributed by atoms with E-state index in [1.165, 1.54) is 19.3 Å². The SMILES string of the molecule is CCCCCn1cnc(CNCCC)n1. The Balaban J connectivity index is 2.23. The van der Waals surface area contributed by atoms with Gasteiger partial charge in [0.2, 0.25) is 0 Å². The minimum atomic E-state index is 0.786. The highest BCUT2D eigenvalue weighted by Crippen LogP contribution is 1.97. The van der Waals surface area contributed by atoms with Gasteiger partial charge in [0.25, 0.3) is 0 Å². The number of unbranched alkanes of at least 4 members (excludes halogenated alkanes) is 2. The third-order valence-electron chi connectivity index (χ3n) is 2.28. The lowest BCUT2D eigenvalue weighted by Crippen LogP contribution is -2.15. The van der Waals surface area contributed by atoms with Gasteiger partial charge in [0, 0.05) is 6.54 Å². The number of nitrogens with zero attached hydrogens (tertiary/aromatic N) is 3. The Morgan fingerprint density at radius 1 is 1.27 bits per heavy atom. The van der Waals surface area contributed by atoms with Crippen LogP contribution in [-0.2, 0) is 13.1 Å². The van der Waals surface area contributed by atoms with E-state index in [-0.39, 0.29) is 0 Å². The van der Waals surface area contributed by atoms with Gasteiger partial charge in [-0.3, -0.25) is 4.68 Å². The third kappa shape index (κ3) is 4.93. The Labute approximate surface area is 92.1 Å². The van der Waals surface area contributed by atoms with Gasteiger partial charge in [0.05, 0.1) is 6.54 Å². The van der Waals surface area contributed by atoms with Crippen LogP contribution in [0.2, 0.25) is 0 Å². The van der Waals surface area contributed by atoms with Crippen molar-refractivity contribution in [1.29, 1.82) is 0 Å². The summed E-state index contributed by atoms with van der Waals surface area (Å²) in [5.74, 6) is 0.903. The second-order valence-electron chi connectivity index (χ2n) is 3.81. The first kappa shape index (κ1) is 12.2. The highest BCUT2D eigenvalue weighted by Gasteiger charge is 1.99. The van der Waals surface area contributed by atoms with E-state index >= 15 is 0 Å².